The van der Waals surface area contributed by atoms with Crippen molar-refractivity contribution in [1.29, 1.82) is 0 Å². The van der Waals surface area contributed by atoms with E-state index in [9.17, 15) is 4.79 Å². The zero-order valence-corrected chi connectivity index (χ0v) is 13.6. The Hall–Kier alpha value is -1.81. The third-order valence-corrected chi connectivity index (χ3v) is 3.73. The van der Waals surface area contributed by atoms with E-state index in [-0.39, 0.29) is 5.91 Å². The highest BCUT2D eigenvalue weighted by Crippen LogP contribution is 2.19. The fraction of sp³-hybridized carbons (Fsp3) is 0.235. The fourth-order valence-electron chi connectivity index (χ4n) is 2.19. The molecule has 0 bridgehead atoms. The average Bonchev–Trinajstić information content (AvgIpc) is 2.47. The van der Waals surface area contributed by atoms with Crippen LogP contribution in [-0.4, -0.2) is 12.5 Å². The number of nitrogens with two attached hydrogens (primary N) is 1. The van der Waals surface area contributed by atoms with E-state index in [2.05, 4.69) is 22.9 Å². The molecule has 21 heavy (non-hydrogen) atoms. The molecule has 110 valence electrons. The first-order chi connectivity index (χ1) is 10.1. The predicted molar refractivity (Wildman–Crippen MR) is 91.3 cm³/mol. The maximum atomic E-state index is 12.6. The molecule has 0 fully saturated rings. The second-order valence-corrected chi connectivity index (χ2v) is 5.86. The average molecular weight is 347 g/mol. The van der Waals surface area contributed by atoms with Crippen LogP contribution in [0.1, 0.15) is 18.9 Å². The first kappa shape index (κ1) is 15.6. The van der Waals surface area contributed by atoms with Crippen LogP contribution in [-0.2, 0) is 11.2 Å². The van der Waals surface area contributed by atoms with Crippen molar-refractivity contribution in [3.63, 3.8) is 0 Å². The highest BCUT2D eigenvalue weighted by molar-refractivity contribution is 9.10. The van der Waals surface area contributed by atoms with Crippen LogP contribution < -0.4 is 10.6 Å². The van der Waals surface area contributed by atoms with E-state index in [1.165, 1.54) is 0 Å². The number of carbonyl (C=O) groups excluding carboxylic acids is 1. The lowest BCUT2D eigenvalue weighted by molar-refractivity contribution is -0.118. The topological polar surface area (TPSA) is 46.3 Å². The minimum absolute atomic E-state index is 0.0878. The van der Waals surface area contributed by atoms with Gasteiger partial charge in [0, 0.05) is 22.4 Å². The summed E-state index contributed by atoms with van der Waals surface area (Å²) < 4.78 is 1.01. The van der Waals surface area contributed by atoms with Crippen LogP contribution in [0.5, 0.6) is 0 Å². The first-order valence-electron chi connectivity index (χ1n) is 7.00. The lowest BCUT2D eigenvalue weighted by Gasteiger charge is -2.22. The second-order valence-electron chi connectivity index (χ2n) is 4.94. The number of nitrogens with zero attached hydrogens (tertiary/aromatic N) is 1. The van der Waals surface area contributed by atoms with Crippen molar-refractivity contribution in [3.8, 4) is 0 Å². The third kappa shape index (κ3) is 4.33. The van der Waals surface area contributed by atoms with Gasteiger partial charge in [0.1, 0.15) is 0 Å². The number of hydrogen-bond donors (Lipinski definition) is 1. The summed E-state index contributed by atoms with van der Waals surface area (Å²) >= 11 is 3.40. The monoisotopic (exact) mass is 346 g/mol. The van der Waals surface area contributed by atoms with Crippen molar-refractivity contribution < 1.29 is 4.79 Å². The minimum Gasteiger partial charge on any atom is -0.399 e. The Morgan fingerprint density at radius 2 is 1.90 bits per heavy atom. The highest BCUT2D eigenvalue weighted by Gasteiger charge is 2.15. The Kier molecular flexibility index (Phi) is 5.39. The lowest BCUT2D eigenvalue weighted by atomic mass is 10.1. The van der Waals surface area contributed by atoms with Crippen LogP contribution in [0.3, 0.4) is 0 Å². The van der Waals surface area contributed by atoms with Crippen molar-refractivity contribution in [2.24, 2.45) is 0 Å². The molecule has 2 N–H and O–H groups in total. The Morgan fingerprint density at radius 1 is 1.19 bits per heavy atom. The molecular formula is C17H19BrN2O. The van der Waals surface area contributed by atoms with Gasteiger partial charge in [-0.25, -0.2) is 0 Å². The summed E-state index contributed by atoms with van der Waals surface area (Å²) in [6.45, 7) is 2.75. The van der Waals surface area contributed by atoms with Gasteiger partial charge in [0.25, 0.3) is 0 Å². The molecule has 0 saturated heterocycles. The predicted octanol–water partition coefficient (Wildman–Crippen LogP) is 4.02. The fourth-order valence-corrected chi connectivity index (χ4v) is 2.45. The molecular weight excluding hydrogens is 328 g/mol. The molecule has 0 aliphatic carbocycles. The van der Waals surface area contributed by atoms with Crippen molar-refractivity contribution in [1.82, 2.24) is 0 Å². The van der Waals surface area contributed by atoms with Crippen LogP contribution in [0.2, 0.25) is 0 Å². The van der Waals surface area contributed by atoms with E-state index >= 15 is 0 Å². The molecule has 0 spiro atoms. The Morgan fingerprint density at radius 3 is 2.52 bits per heavy atom. The summed E-state index contributed by atoms with van der Waals surface area (Å²) in [6.07, 6.45) is 1.29. The number of hydrogen-bond acceptors (Lipinski definition) is 2. The smallest absolute Gasteiger partial charge is 0.231 e. The van der Waals surface area contributed by atoms with Crippen molar-refractivity contribution in [2.75, 3.05) is 17.2 Å². The number of benzene rings is 2. The second kappa shape index (κ2) is 7.27. The van der Waals surface area contributed by atoms with Gasteiger partial charge in [0.05, 0.1) is 6.42 Å². The van der Waals surface area contributed by atoms with E-state index < -0.39 is 0 Å². The quantitative estimate of drug-likeness (QED) is 0.831. The van der Waals surface area contributed by atoms with Gasteiger partial charge in [0.15, 0.2) is 0 Å². The molecule has 0 aliphatic rings. The van der Waals surface area contributed by atoms with Crippen LogP contribution in [0, 0.1) is 0 Å². The third-order valence-electron chi connectivity index (χ3n) is 3.20. The van der Waals surface area contributed by atoms with E-state index in [0.717, 1.165) is 22.1 Å². The van der Waals surface area contributed by atoms with Crippen LogP contribution >= 0.6 is 15.9 Å². The van der Waals surface area contributed by atoms with Crippen molar-refractivity contribution in [3.05, 3.63) is 58.6 Å². The number of rotatable bonds is 5. The summed E-state index contributed by atoms with van der Waals surface area (Å²) in [6, 6.07) is 15.3. The van der Waals surface area contributed by atoms with Gasteiger partial charge in [-0.1, -0.05) is 41.1 Å². The van der Waals surface area contributed by atoms with E-state index in [4.69, 9.17) is 5.73 Å². The molecule has 3 nitrogen and oxygen atoms in total. The van der Waals surface area contributed by atoms with Gasteiger partial charge < -0.3 is 10.6 Å². The maximum Gasteiger partial charge on any atom is 0.231 e. The van der Waals surface area contributed by atoms with Crippen LogP contribution in [0.25, 0.3) is 0 Å². The van der Waals surface area contributed by atoms with Gasteiger partial charge in [-0.15, -0.1) is 0 Å². The van der Waals surface area contributed by atoms with Crippen LogP contribution in [0.4, 0.5) is 11.4 Å². The number of amides is 1. The van der Waals surface area contributed by atoms with Gasteiger partial charge in [-0.2, -0.15) is 0 Å². The Labute approximate surface area is 133 Å². The summed E-state index contributed by atoms with van der Waals surface area (Å²) in [4.78, 5) is 14.4. The van der Waals surface area contributed by atoms with Crippen LogP contribution in [0.15, 0.2) is 53.0 Å². The number of carbonyl (C=O) groups is 1. The molecule has 0 atom stereocenters. The standard InChI is InChI=1S/C17H19BrN2O/c1-2-10-20(16-5-3-4-15(19)12-16)17(21)11-13-6-8-14(18)9-7-13/h3-9,12H,2,10-11,19H2,1H3. The van der Waals surface area contributed by atoms with E-state index in [1.807, 2.05) is 48.5 Å². The van der Waals surface area contributed by atoms with E-state index in [1.54, 1.807) is 4.90 Å². The van der Waals surface area contributed by atoms with Gasteiger partial charge in [0.2, 0.25) is 5.91 Å². The molecule has 0 aromatic heterocycles. The van der Waals surface area contributed by atoms with E-state index in [0.29, 0.717) is 18.7 Å². The molecule has 0 heterocycles. The van der Waals surface area contributed by atoms with Gasteiger partial charge >= 0.3 is 0 Å². The highest BCUT2D eigenvalue weighted by atomic mass is 79.9. The zero-order chi connectivity index (χ0) is 15.2. The lowest BCUT2D eigenvalue weighted by Crippen LogP contribution is -2.33. The number of anilines is 2. The molecule has 2 aromatic carbocycles. The molecule has 4 heteroatoms. The normalized spacial score (nSPS) is 10.4. The summed E-state index contributed by atoms with van der Waals surface area (Å²) in [5.74, 6) is 0.0878. The maximum absolute atomic E-state index is 12.6. The van der Waals surface area contributed by atoms with Gasteiger partial charge in [-0.05, 0) is 42.3 Å². The summed E-state index contributed by atoms with van der Waals surface area (Å²) in [7, 11) is 0. The molecule has 0 radical (unpaired) electrons. The molecule has 0 aliphatic heterocycles. The molecule has 2 aromatic rings. The minimum atomic E-state index is 0.0878. The van der Waals surface area contributed by atoms with Crippen molar-refractivity contribution >= 4 is 33.2 Å². The van der Waals surface area contributed by atoms with Gasteiger partial charge in [-0.3, -0.25) is 4.79 Å². The van der Waals surface area contributed by atoms with Crippen molar-refractivity contribution in [2.45, 2.75) is 19.8 Å². The first-order valence-corrected chi connectivity index (χ1v) is 7.80. The summed E-state index contributed by atoms with van der Waals surface area (Å²) in [5.41, 5.74) is 8.36. The SMILES string of the molecule is CCCN(C(=O)Cc1ccc(Br)cc1)c1cccc(N)c1. The number of halogens is 1. The molecule has 1 amide bonds. The molecule has 0 unspecified atom stereocenters. The Balaban J connectivity index is 2.17. The number of nitrogen functional groups attached to an aromatic ring is 1. The summed E-state index contributed by atoms with van der Waals surface area (Å²) in [5, 5.41) is 0. The zero-order valence-electron chi connectivity index (χ0n) is 12.1. The molecule has 2 rings (SSSR count). The largest absolute Gasteiger partial charge is 0.399 e. The molecule has 0 saturated carbocycles. The Bertz CT molecular complexity index is 610.